The highest BCUT2D eigenvalue weighted by Crippen LogP contribution is 2.40. The number of anilines is 2. The largest absolute Gasteiger partial charge is 0.309 e. The van der Waals surface area contributed by atoms with Gasteiger partial charge in [0, 0.05) is 16.5 Å². The molecule has 0 aliphatic carbocycles. The van der Waals surface area contributed by atoms with Crippen LogP contribution in [0.15, 0.2) is 121 Å². The second-order valence-electron chi connectivity index (χ2n) is 8.96. The minimum Gasteiger partial charge on any atom is -0.309 e. The van der Waals surface area contributed by atoms with Crippen LogP contribution < -0.4 is 4.90 Å². The van der Waals surface area contributed by atoms with Crippen molar-refractivity contribution in [3.8, 4) is 16.8 Å². The Morgan fingerprint density at radius 1 is 0.500 bits per heavy atom. The number of hydrogen-bond donors (Lipinski definition) is 0. The molecule has 1 amide bonds. The number of fused-ring (bicyclic) bond motifs is 4. The van der Waals surface area contributed by atoms with Gasteiger partial charge in [0.1, 0.15) is 0 Å². The van der Waals surface area contributed by atoms with Crippen molar-refractivity contribution in [1.29, 1.82) is 0 Å². The lowest BCUT2D eigenvalue weighted by Gasteiger charge is -2.17. The van der Waals surface area contributed by atoms with Gasteiger partial charge in [-0.1, -0.05) is 72.8 Å². The van der Waals surface area contributed by atoms with Gasteiger partial charge in [0.2, 0.25) is 0 Å². The van der Waals surface area contributed by atoms with Gasteiger partial charge < -0.3 is 4.57 Å². The van der Waals surface area contributed by atoms with Crippen molar-refractivity contribution in [2.24, 2.45) is 0 Å². The number of Topliss-reactive ketones (excluding diaryl/α,β-unsaturated/α-hetero) is 1. The molecule has 1 aromatic heterocycles. The zero-order valence-electron chi connectivity index (χ0n) is 19.3. The van der Waals surface area contributed by atoms with E-state index in [1.54, 1.807) is 4.90 Å². The lowest BCUT2D eigenvalue weighted by molar-refractivity contribution is -0.113. The van der Waals surface area contributed by atoms with E-state index in [0.717, 1.165) is 38.6 Å². The van der Waals surface area contributed by atoms with Crippen LogP contribution in [0.2, 0.25) is 0 Å². The van der Waals surface area contributed by atoms with E-state index in [0.29, 0.717) is 16.9 Å². The topological polar surface area (TPSA) is 42.3 Å². The predicted octanol–water partition coefficient (Wildman–Crippen LogP) is 7.31. The first-order chi connectivity index (χ1) is 17.7. The number of ketones is 1. The minimum absolute atomic E-state index is 0.438. The highest BCUT2D eigenvalue weighted by Gasteiger charge is 2.37. The van der Waals surface area contributed by atoms with Crippen molar-refractivity contribution in [2.75, 3.05) is 4.90 Å². The quantitative estimate of drug-likeness (QED) is 0.258. The zero-order valence-corrected chi connectivity index (χ0v) is 19.3. The number of carbonyl (C=O) groups is 2. The summed E-state index contributed by atoms with van der Waals surface area (Å²) in [6, 6.07) is 40.0. The molecule has 6 aromatic rings. The summed E-state index contributed by atoms with van der Waals surface area (Å²) in [4.78, 5) is 27.8. The number of nitrogens with zero attached hydrogens (tertiary/aromatic N) is 2. The van der Waals surface area contributed by atoms with E-state index in [-0.39, 0.29) is 0 Å². The molecule has 0 N–H and O–H groups in total. The lowest BCUT2D eigenvalue weighted by atomic mass is 10.0. The normalized spacial score (nSPS) is 13.1. The Morgan fingerprint density at radius 3 is 2.00 bits per heavy atom. The van der Waals surface area contributed by atoms with Crippen LogP contribution in [-0.4, -0.2) is 16.3 Å². The highest BCUT2D eigenvalue weighted by atomic mass is 16.2. The van der Waals surface area contributed by atoms with Crippen molar-refractivity contribution in [3.63, 3.8) is 0 Å². The smallest absolute Gasteiger partial charge is 0.304 e. The van der Waals surface area contributed by atoms with Gasteiger partial charge in [0.05, 0.1) is 28.0 Å². The predicted molar refractivity (Wildman–Crippen MR) is 144 cm³/mol. The van der Waals surface area contributed by atoms with Crippen molar-refractivity contribution < 1.29 is 9.59 Å². The number of carbonyl (C=O) groups excluding carboxylic acids is 2. The second-order valence-corrected chi connectivity index (χ2v) is 8.96. The first-order valence-corrected chi connectivity index (χ1v) is 11.9. The molecule has 0 spiro atoms. The molecule has 0 unspecified atom stereocenters. The van der Waals surface area contributed by atoms with Crippen LogP contribution in [0.5, 0.6) is 0 Å². The summed E-state index contributed by atoms with van der Waals surface area (Å²) in [5.74, 6) is -1.00. The molecule has 0 saturated carbocycles. The molecule has 2 heterocycles. The van der Waals surface area contributed by atoms with Crippen molar-refractivity contribution in [2.45, 2.75) is 0 Å². The van der Waals surface area contributed by atoms with E-state index in [9.17, 15) is 9.59 Å². The van der Waals surface area contributed by atoms with Gasteiger partial charge in [-0.25, -0.2) is 0 Å². The van der Waals surface area contributed by atoms with E-state index in [4.69, 9.17) is 0 Å². The van der Waals surface area contributed by atoms with Gasteiger partial charge in [-0.15, -0.1) is 0 Å². The maximum atomic E-state index is 13.2. The molecule has 0 atom stereocenters. The van der Waals surface area contributed by atoms with Gasteiger partial charge >= 0.3 is 5.91 Å². The maximum Gasteiger partial charge on any atom is 0.304 e. The fourth-order valence-electron chi connectivity index (χ4n) is 5.26. The molecular formula is C32H20N2O2. The number of aromatic nitrogens is 1. The highest BCUT2D eigenvalue weighted by molar-refractivity contribution is 6.53. The summed E-state index contributed by atoms with van der Waals surface area (Å²) in [6.07, 6.45) is 0. The van der Waals surface area contributed by atoms with Gasteiger partial charge in [-0.3, -0.25) is 14.5 Å². The Balaban J connectivity index is 1.40. The summed E-state index contributed by atoms with van der Waals surface area (Å²) in [6.45, 7) is 0. The summed E-state index contributed by atoms with van der Waals surface area (Å²) >= 11 is 0. The molecule has 36 heavy (non-hydrogen) atoms. The Kier molecular flexibility index (Phi) is 4.42. The number of rotatable bonds is 3. The van der Waals surface area contributed by atoms with Gasteiger partial charge in [-0.05, 0) is 59.7 Å². The van der Waals surface area contributed by atoms with E-state index in [1.807, 2.05) is 97.1 Å². The first kappa shape index (κ1) is 20.4. The molecule has 4 nitrogen and oxygen atoms in total. The van der Waals surface area contributed by atoms with Gasteiger partial charge in [0.25, 0.3) is 5.78 Å². The van der Waals surface area contributed by atoms with E-state index >= 15 is 0 Å². The van der Waals surface area contributed by atoms with Crippen LogP contribution in [0.4, 0.5) is 11.4 Å². The monoisotopic (exact) mass is 464 g/mol. The SMILES string of the molecule is O=C1C(=O)N(c2ccc3c(c2)c2ccccc2n3-c2ccccc2)c2ccc(-c3ccccc3)cc21. The van der Waals surface area contributed by atoms with E-state index < -0.39 is 11.7 Å². The van der Waals surface area contributed by atoms with Crippen LogP contribution in [-0.2, 0) is 4.79 Å². The van der Waals surface area contributed by atoms with Crippen LogP contribution in [0, 0.1) is 0 Å². The fraction of sp³-hybridized carbons (Fsp3) is 0. The molecule has 0 radical (unpaired) electrons. The van der Waals surface area contributed by atoms with Crippen LogP contribution in [0.3, 0.4) is 0 Å². The third kappa shape index (κ3) is 2.95. The summed E-state index contributed by atoms with van der Waals surface area (Å²) in [5.41, 5.74) is 6.87. The number of benzene rings is 5. The third-order valence-electron chi connectivity index (χ3n) is 6.92. The van der Waals surface area contributed by atoms with Crippen LogP contribution >= 0.6 is 0 Å². The molecular weight excluding hydrogens is 444 g/mol. The molecule has 1 aliphatic heterocycles. The standard InChI is InChI=1S/C32H20N2O2/c35-31-27-19-22(21-9-3-1-4-10-21)15-17-30(27)34(32(31)36)24-16-18-29-26(20-24)25-13-7-8-14-28(25)33(29)23-11-5-2-6-12-23/h1-20H. The average molecular weight is 465 g/mol. The first-order valence-electron chi connectivity index (χ1n) is 11.9. The number of para-hydroxylation sites is 2. The fourth-order valence-corrected chi connectivity index (χ4v) is 5.26. The van der Waals surface area contributed by atoms with E-state index in [1.165, 1.54) is 0 Å². The second kappa shape index (κ2) is 7.79. The Morgan fingerprint density at radius 2 is 1.19 bits per heavy atom. The maximum absolute atomic E-state index is 13.2. The van der Waals surface area contributed by atoms with Gasteiger partial charge in [-0.2, -0.15) is 0 Å². The average Bonchev–Trinajstić information content (AvgIpc) is 3.40. The summed E-state index contributed by atoms with van der Waals surface area (Å²) < 4.78 is 2.23. The molecule has 170 valence electrons. The van der Waals surface area contributed by atoms with Crippen molar-refractivity contribution in [1.82, 2.24) is 4.57 Å². The molecule has 0 bridgehead atoms. The summed E-state index contributed by atoms with van der Waals surface area (Å²) in [7, 11) is 0. The zero-order chi connectivity index (χ0) is 24.2. The van der Waals surface area contributed by atoms with Crippen molar-refractivity contribution >= 4 is 44.9 Å². The van der Waals surface area contributed by atoms with Crippen molar-refractivity contribution in [3.05, 3.63) is 127 Å². The molecule has 0 fully saturated rings. The van der Waals surface area contributed by atoms with Gasteiger partial charge in [0.15, 0.2) is 0 Å². The summed E-state index contributed by atoms with van der Waals surface area (Å²) in [5, 5.41) is 2.12. The number of amides is 1. The molecule has 0 saturated heterocycles. The molecule has 4 heteroatoms. The van der Waals surface area contributed by atoms with E-state index in [2.05, 4.69) is 28.8 Å². The Labute approximate surface area is 207 Å². The third-order valence-corrected chi connectivity index (χ3v) is 6.92. The van der Waals surface area contributed by atoms with Crippen LogP contribution in [0.1, 0.15) is 10.4 Å². The molecule has 1 aliphatic rings. The Bertz CT molecular complexity index is 1820. The van der Waals surface area contributed by atoms with Crippen LogP contribution in [0.25, 0.3) is 38.6 Å². The minimum atomic E-state index is -0.527. The number of hydrogen-bond acceptors (Lipinski definition) is 2. The molecule has 5 aromatic carbocycles. The molecule has 7 rings (SSSR count). The lowest BCUT2D eigenvalue weighted by Crippen LogP contribution is -2.24. The Hall–Kier alpha value is -4.96.